The fourth-order valence-electron chi connectivity index (χ4n) is 5.47. The number of nitrogens with one attached hydrogen (secondary N) is 4. The molecular formula is C32H40FN5O6S2. The Kier molecular flexibility index (Phi) is 10.3. The summed E-state index contributed by atoms with van der Waals surface area (Å²) in [5.74, 6) is -0.253. The number of benzene rings is 2. The van der Waals surface area contributed by atoms with E-state index >= 15 is 0 Å². The normalized spacial score (nSPS) is 19.5. The van der Waals surface area contributed by atoms with Gasteiger partial charge in [0.05, 0.1) is 34.0 Å². The van der Waals surface area contributed by atoms with E-state index in [2.05, 4.69) is 25.7 Å². The largest absolute Gasteiger partial charge is 0.441 e. The molecule has 1 atom stereocenters. The predicted octanol–water partition coefficient (Wildman–Crippen LogP) is 6.06. The third kappa shape index (κ3) is 8.60. The molecule has 1 saturated carbocycles. The van der Waals surface area contributed by atoms with Crippen LogP contribution < -0.4 is 20.7 Å². The van der Waals surface area contributed by atoms with Gasteiger partial charge in [0.15, 0.2) is 6.10 Å². The molecule has 4 N–H and O–H groups in total. The summed E-state index contributed by atoms with van der Waals surface area (Å²) in [6, 6.07) is 9.67. The number of hydrogen-bond donors (Lipinski definition) is 4. The smallest absolute Gasteiger partial charge is 0.407 e. The van der Waals surface area contributed by atoms with Crippen LogP contribution in [0, 0.1) is 5.82 Å². The molecular weight excluding hydrogens is 634 g/mol. The minimum Gasteiger partial charge on any atom is -0.441 e. The molecule has 1 aliphatic heterocycles. The van der Waals surface area contributed by atoms with Gasteiger partial charge in [-0.25, -0.2) is 32.1 Å². The predicted molar refractivity (Wildman–Crippen MR) is 174 cm³/mol. The molecule has 3 aromatic rings. The Morgan fingerprint density at radius 3 is 2.46 bits per heavy atom. The molecule has 2 fully saturated rings. The van der Waals surface area contributed by atoms with Crippen molar-refractivity contribution in [2.24, 2.45) is 0 Å². The van der Waals surface area contributed by atoms with Crippen LogP contribution in [-0.4, -0.2) is 56.4 Å². The van der Waals surface area contributed by atoms with Crippen molar-refractivity contribution < 1.29 is 31.9 Å². The van der Waals surface area contributed by atoms with Gasteiger partial charge in [0.2, 0.25) is 10.0 Å². The molecule has 0 unspecified atom stereocenters. The van der Waals surface area contributed by atoms with Crippen LogP contribution in [-0.2, 0) is 19.5 Å². The van der Waals surface area contributed by atoms with Gasteiger partial charge < -0.3 is 25.4 Å². The first-order valence-electron chi connectivity index (χ1n) is 15.3. The fraction of sp³-hybridized carbons (Fsp3) is 0.469. The third-order valence-electron chi connectivity index (χ3n) is 7.76. The maximum absolute atomic E-state index is 14.2. The second kappa shape index (κ2) is 14.0. The number of amides is 3. The second-order valence-corrected chi connectivity index (χ2v) is 15.4. The lowest BCUT2D eigenvalue weighted by Gasteiger charge is -2.30. The van der Waals surface area contributed by atoms with Gasteiger partial charge in [0.1, 0.15) is 5.82 Å². The average molecular weight is 674 g/mol. The van der Waals surface area contributed by atoms with Crippen molar-refractivity contribution in [3.8, 4) is 10.4 Å². The molecule has 1 saturated heterocycles. The van der Waals surface area contributed by atoms with E-state index in [9.17, 15) is 22.4 Å². The molecule has 11 nitrogen and oxygen atoms in total. The molecule has 0 spiro atoms. The van der Waals surface area contributed by atoms with Gasteiger partial charge in [-0.3, -0.25) is 0 Å². The number of anilines is 1. The number of sulfonamides is 1. The number of alkyl carbamates (subject to hydrolysis) is 1. The Morgan fingerprint density at radius 1 is 1.09 bits per heavy atom. The van der Waals surface area contributed by atoms with Crippen LogP contribution in [0.15, 0.2) is 53.6 Å². The minimum atomic E-state index is -4.02. The van der Waals surface area contributed by atoms with E-state index < -0.39 is 39.5 Å². The standard InChI is InChI=1S/C32H40FN5O6S2/c1-19(24-7-5-6-8-26(24)33)35-30(39)36-22-13-14-25(28(15-22)46(41,42)38-32(2,3)4)27-16-34-29(45-27)20-9-11-21(12-10-20)37-31(40)44-23-17-43-18-23/h5-8,13-16,19-21,23,38H,9-12,17-18H2,1-4H3,(H,37,40)(H2,35,36,39)/t19-,20?,21?/m0/s1. The number of nitrogens with zero attached hydrogens (tertiary/aromatic N) is 1. The van der Waals surface area contributed by atoms with Crippen molar-refractivity contribution in [3.05, 3.63) is 65.0 Å². The highest BCUT2D eigenvalue weighted by atomic mass is 32.2. The lowest BCUT2D eigenvalue weighted by molar-refractivity contribution is -0.0985. The molecule has 0 radical (unpaired) electrons. The summed E-state index contributed by atoms with van der Waals surface area (Å²) in [6.45, 7) is 7.79. The van der Waals surface area contributed by atoms with Gasteiger partial charge >= 0.3 is 12.1 Å². The summed E-state index contributed by atoms with van der Waals surface area (Å²) >= 11 is 1.44. The van der Waals surface area contributed by atoms with Crippen molar-refractivity contribution in [2.45, 2.75) is 87.9 Å². The number of aromatic nitrogens is 1. The van der Waals surface area contributed by atoms with E-state index in [4.69, 9.17) is 9.47 Å². The summed E-state index contributed by atoms with van der Waals surface area (Å²) in [5, 5.41) is 9.23. The number of halogens is 1. The number of rotatable bonds is 9. The fourth-order valence-corrected chi connectivity index (χ4v) is 8.33. The zero-order valence-corrected chi connectivity index (χ0v) is 27.9. The summed E-state index contributed by atoms with van der Waals surface area (Å²) in [4.78, 5) is 30.3. The number of carbonyl (C=O) groups is 2. The first kappa shape index (κ1) is 33.8. The van der Waals surface area contributed by atoms with E-state index in [0.717, 1.165) is 30.7 Å². The Hall–Kier alpha value is -3.59. The van der Waals surface area contributed by atoms with Crippen molar-refractivity contribution in [2.75, 3.05) is 18.5 Å². The highest BCUT2D eigenvalue weighted by Gasteiger charge is 2.30. The maximum Gasteiger partial charge on any atom is 0.407 e. The molecule has 5 rings (SSSR count). The van der Waals surface area contributed by atoms with Crippen LogP contribution in [0.4, 0.5) is 19.7 Å². The number of urea groups is 1. The number of carbonyl (C=O) groups excluding carboxylic acids is 2. The van der Waals surface area contributed by atoms with Crippen molar-refractivity contribution in [1.82, 2.24) is 20.3 Å². The topological polar surface area (TPSA) is 148 Å². The molecule has 2 heterocycles. The highest BCUT2D eigenvalue weighted by molar-refractivity contribution is 7.89. The first-order chi connectivity index (χ1) is 21.8. The van der Waals surface area contributed by atoms with Gasteiger partial charge in [0.25, 0.3) is 0 Å². The summed E-state index contributed by atoms with van der Waals surface area (Å²) in [6.07, 6.45) is 4.31. The first-order valence-corrected chi connectivity index (χ1v) is 17.6. The Bertz CT molecular complexity index is 1660. The van der Waals surface area contributed by atoms with E-state index in [1.165, 1.54) is 23.5 Å². The molecule has 14 heteroatoms. The summed E-state index contributed by atoms with van der Waals surface area (Å²) in [7, 11) is -4.02. The third-order valence-corrected chi connectivity index (χ3v) is 10.7. The van der Waals surface area contributed by atoms with E-state index in [1.54, 1.807) is 64.2 Å². The van der Waals surface area contributed by atoms with Crippen molar-refractivity contribution in [3.63, 3.8) is 0 Å². The van der Waals surface area contributed by atoms with Crippen molar-refractivity contribution in [1.29, 1.82) is 0 Å². The Balaban J connectivity index is 1.30. The Labute approximate surface area is 272 Å². The lowest BCUT2D eigenvalue weighted by Crippen LogP contribution is -2.44. The zero-order chi connectivity index (χ0) is 33.1. The van der Waals surface area contributed by atoms with Crippen LogP contribution in [0.2, 0.25) is 0 Å². The number of hydrogen-bond acceptors (Lipinski definition) is 8. The van der Waals surface area contributed by atoms with Crippen molar-refractivity contribution >= 4 is 39.2 Å². The van der Waals surface area contributed by atoms with Crippen LogP contribution in [0.3, 0.4) is 0 Å². The minimum absolute atomic E-state index is 0.000797. The molecule has 1 aliphatic carbocycles. The summed E-state index contributed by atoms with van der Waals surface area (Å²) in [5.41, 5.74) is 0.299. The molecule has 0 bridgehead atoms. The summed E-state index contributed by atoms with van der Waals surface area (Å²) < 4.78 is 54.6. The molecule has 2 aromatic carbocycles. The monoisotopic (exact) mass is 673 g/mol. The van der Waals surface area contributed by atoms with Gasteiger partial charge in [-0.15, -0.1) is 11.3 Å². The molecule has 3 amide bonds. The van der Waals surface area contributed by atoms with Crippen LogP contribution in [0.25, 0.3) is 10.4 Å². The number of ether oxygens (including phenoxy) is 2. The van der Waals surface area contributed by atoms with Gasteiger partial charge in [-0.1, -0.05) is 24.3 Å². The lowest BCUT2D eigenvalue weighted by atomic mass is 9.86. The van der Waals surface area contributed by atoms with Gasteiger partial charge in [0, 0.05) is 40.5 Å². The van der Waals surface area contributed by atoms with Crippen LogP contribution >= 0.6 is 11.3 Å². The second-order valence-electron chi connectivity index (χ2n) is 12.7. The van der Waals surface area contributed by atoms with E-state index in [-0.39, 0.29) is 28.6 Å². The average Bonchev–Trinajstić information content (AvgIpc) is 3.44. The maximum atomic E-state index is 14.2. The SMILES string of the molecule is C[C@H](NC(=O)Nc1ccc(-c2cnc(C3CCC(NC(=O)OC4COC4)CC3)s2)c(S(=O)(=O)NC(C)(C)C)c1)c1ccccc1F. The van der Waals surface area contributed by atoms with Gasteiger partial charge in [-0.05, 0) is 71.6 Å². The Morgan fingerprint density at radius 2 is 1.80 bits per heavy atom. The number of thiazole rings is 1. The van der Waals surface area contributed by atoms with Gasteiger partial charge in [-0.2, -0.15) is 0 Å². The molecule has 2 aliphatic rings. The van der Waals surface area contributed by atoms with Crippen LogP contribution in [0.1, 0.15) is 75.9 Å². The molecule has 248 valence electrons. The van der Waals surface area contributed by atoms with E-state index in [0.29, 0.717) is 29.2 Å². The van der Waals surface area contributed by atoms with E-state index in [1.807, 2.05) is 0 Å². The quantitative estimate of drug-likeness (QED) is 0.216. The zero-order valence-electron chi connectivity index (χ0n) is 26.3. The molecule has 1 aromatic heterocycles. The highest BCUT2D eigenvalue weighted by Crippen LogP contribution is 2.40. The molecule has 46 heavy (non-hydrogen) atoms. The van der Waals surface area contributed by atoms with Crippen LogP contribution in [0.5, 0.6) is 0 Å².